The van der Waals surface area contributed by atoms with Crippen LogP contribution in [0.2, 0.25) is 5.02 Å². The number of rotatable bonds is 4. The molecule has 0 atom stereocenters. The quantitative estimate of drug-likeness (QED) is 0.927. The number of aromatic carboxylic acids is 1. The summed E-state index contributed by atoms with van der Waals surface area (Å²) in [5.41, 5.74) is -0.149. The molecule has 0 aliphatic carbocycles. The molecule has 1 aromatic carbocycles. The van der Waals surface area contributed by atoms with Crippen molar-refractivity contribution in [1.29, 1.82) is 0 Å². The van der Waals surface area contributed by atoms with Crippen LogP contribution in [0.25, 0.3) is 0 Å². The lowest BCUT2D eigenvalue weighted by molar-refractivity contribution is 0.0694. The first-order chi connectivity index (χ1) is 9.79. The van der Waals surface area contributed by atoms with Gasteiger partial charge in [-0.2, -0.15) is 0 Å². The van der Waals surface area contributed by atoms with E-state index in [2.05, 4.69) is 4.98 Å². The summed E-state index contributed by atoms with van der Waals surface area (Å²) in [6, 6.07) is 6.71. The summed E-state index contributed by atoms with van der Waals surface area (Å²) in [4.78, 5) is 14.8. The van der Waals surface area contributed by atoms with E-state index in [-0.39, 0.29) is 27.1 Å². The van der Waals surface area contributed by atoms with Gasteiger partial charge in [-0.25, -0.2) is 18.2 Å². The number of carboxylic acids is 1. The van der Waals surface area contributed by atoms with Gasteiger partial charge in [-0.15, -0.1) is 0 Å². The summed E-state index contributed by atoms with van der Waals surface area (Å²) in [7, 11) is -3.56. The van der Waals surface area contributed by atoms with Crippen molar-refractivity contribution in [3.05, 3.63) is 47.1 Å². The molecule has 0 amide bonds. The van der Waals surface area contributed by atoms with Crippen LogP contribution in [0.5, 0.6) is 11.6 Å². The van der Waals surface area contributed by atoms with E-state index in [1.54, 1.807) is 0 Å². The van der Waals surface area contributed by atoms with Crippen molar-refractivity contribution in [2.24, 2.45) is 0 Å². The van der Waals surface area contributed by atoms with Gasteiger partial charge in [-0.05, 0) is 24.3 Å². The number of carbonyl (C=O) groups is 1. The number of hydrogen-bond donors (Lipinski definition) is 1. The van der Waals surface area contributed by atoms with Gasteiger partial charge in [-0.3, -0.25) is 0 Å². The van der Waals surface area contributed by atoms with Gasteiger partial charge in [-0.1, -0.05) is 11.6 Å². The predicted octanol–water partition coefficient (Wildman–Crippen LogP) is 2.63. The molecular formula is C13H10ClNO5S. The number of carboxylic acid groups (broad SMARTS) is 1. The first kappa shape index (κ1) is 15.3. The van der Waals surface area contributed by atoms with Gasteiger partial charge in [0.15, 0.2) is 9.84 Å². The molecular weight excluding hydrogens is 318 g/mol. The Kier molecular flexibility index (Phi) is 4.15. The minimum Gasteiger partial charge on any atom is -0.478 e. The number of benzene rings is 1. The molecule has 1 aromatic heterocycles. The number of pyridine rings is 1. The van der Waals surface area contributed by atoms with Crippen LogP contribution in [0, 0.1) is 0 Å². The first-order valence-electron chi connectivity index (χ1n) is 5.65. The van der Waals surface area contributed by atoms with Gasteiger partial charge >= 0.3 is 5.97 Å². The Hall–Kier alpha value is -2.12. The molecule has 0 aliphatic heterocycles. The van der Waals surface area contributed by atoms with Crippen LogP contribution in [0.4, 0.5) is 0 Å². The molecule has 0 aliphatic rings. The van der Waals surface area contributed by atoms with E-state index in [0.717, 1.165) is 6.26 Å². The zero-order chi connectivity index (χ0) is 15.6. The molecule has 21 heavy (non-hydrogen) atoms. The maximum atomic E-state index is 11.7. The highest BCUT2D eigenvalue weighted by Crippen LogP contribution is 2.30. The number of aromatic nitrogens is 1. The van der Waals surface area contributed by atoms with E-state index in [1.165, 1.54) is 36.5 Å². The van der Waals surface area contributed by atoms with Crippen molar-refractivity contribution in [2.75, 3.05) is 6.26 Å². The standard InChI is InChI=1S/C13H10ClNO5S/c1-21(18,19)11-3-2-6-15-12(11)20-10-7-8(14)4-5-9(10)13(16)17/h2-7H,1H3,(H,16,17). The van der Waals surface area contributed by atoms with Crippen molar-refractivity contribution in [1.82, 2.24) is 4.98 Å². The molecule has 0 unspecified atom stereocenters. The normalized spacial score (nSPS) is 11.1. The van der Waals surface area contributed by atoms with Crippen molar-refractivity contribution < 1.29 is 23.1 Å². The second-order valence-corrected chi connectivity index (χ2v) is 6.55. The Morgan fingerprint density at radius 2 is 2.05 bits per heavy atom. The van der Waals surface area contributed by atoms with Crippen molar-refractivity contribution >= 4 is 27.4 Å². The van der Waals surface area contributed by atoms with E-state index in [1.807, 2.05) is 0 Å². The Morgan fingerprint density at radius 3 is 2.67 bits per heavy atom. The third kappa shape index (κ3) is 3.50. The van der Waals surface area contributed by atoms with E-state index in [4.69, 9.17) is 21.4 Å². The van der Waals surface area contributed by atoms with Gasteiger partial charge in [0.25, 0.3) is 0 Å². The van der Waals surface area contributed by atoms with Crippen LogP contribution in [-0.4, -0.2) is 30.7 Å². The fourth-order valence-corrected chi connectivity index (χ4v) is 2.50. The van der Waals surface area contributed by atoms with Crippen molar-refractivity contribution in [3.8, 4) is 11.6 Å². The summed E-state index contributed by atoms with van der Waals surface area (Å²) >= 11 is 5.81. The summed E-state index contributed by atoms with van der Waals surface area (Å²) < 4.78 is 28.7. The van der Waals surface area contributed by atoms with Crippen molar-refractivity contribution in [2.45, 2.75) is 4.90 Å². The maximum Gasteiger partial charge on any atom is 0.339 e. The molecule has 0 fully saturated rings. The van der Waals surface area contributed by atoms with Crippen LogP contribution in [0.3, 0.4) is 0 Å². The van der Waals surface area contributed by atoms with Crippen LogP contribution in [0.1, 0.15) is 10.4 Å². The third-order valence-electron chi connectivity index (χ3n) is 2.52. The zero-order valence-electron chi connectivity index (χ0n) is 10.8. The fourth-order valence-electron chi connectivity index (χ4n) is 1.60. The number of nitrogens with zero attached hydrogens (tertiary/aromatic N) is 1. The smallest absolute Gasteiger partial charge is 0.339 e. The van der Waals surface area contributed by atoms with E-state index < -0.39 is 15.8 Å². The average Bonchev–Trinajstić information content (AvgIpc) is 2.37. The Bertz CT molecular complexity index is 804. The lowest BCUT2D eigenvalue weighted by Gasteiger charge is -2.10. The Balaban J connectivity index is 2.54. The molecule has 6 nitrogen and oxygen atoms in total. The number of halogens is 1. The highest BCUT2D eigenvalue weighted by atomic mass is 35.5. The van der Waals surface area contributed by atoms with Crippen LogP contribution >= 0.6 is 11.6 Å². The molecule has 1 heterocycles. The molecule has 0 saturated carbocycles. The molecule has 0 saturated heterocycles. The molecule has 2 rings (SSSR count). The predicted molar refractivity (Wildman–Crippen MR) is 75.8 cm³/mol. The van der Waals surface area contributed by atoms with Crippen LogP contribution in [-0.2, 0) is 9.84 Å². The van der Waals surface area contributed by atoms with Gasteiger partial charge in [0, 0.05) is 23.5 Å². The number of ether oxygens (including phenoxy) is 1. The van der Waals surface area contributed by atoms with Gasteiger partial charge in [0.1, 0.15) is 16.2 Å². The van der Waals surface area contributed by atoms with Crippen LogP contribution < -0.4 is 4.74 Å². The molecule has 8 heteroatoms. The molecule has 2 aromatic rings. The van der Waals surface area contributed by atoms with E-state index in [9.17, 15) is 13.2 Å². The summed E-state index contributed by atoms with van der Waals surface area (Å²) in [6.45, 7) is 0. The Morgan fingerprint density at radius 1 is 1.33 bits per heavy atom. The zero-order valence-corrected chi connectivity index (χ0v) is 12.4. The largest absolute Gasteiger partial charge is 0.478 e. The minimum absolute atomic E-state index is 0.0846. The molecule has 0 spiro atoms. The monoisotopic (exact) mass is 327 g/mol. The van der Waals surface area contributed by atoms with Gasteiger partial charge < -0.3 is 9.84 Å². The first-order valence-corrected chi connectivity index (χ1v) is 7.92. The van der Waals surface area contributed by atoms with Gasteiger partial charge in [0.2, 0.25) is 5.88 Å². The van der Waals surface area contributed by atoms with E-state index >= 15 is 0 Å². The molecule has 0 radical (unpaired) electrons. The molecule has 0 bridgehead atoms. The summed E-state index contributed by atoms with van der Waals surface area (Å²) in [5.74, 6) is -1.51. The maximum absolute atomic E-state index is 11.7. The highest BCUT2D eigenvalue weighted by molar-refractivity contribution is 7.90. The average molecular weight is 328 g/mol. The van der Waals surface area contributed by atoms with E-state index in [0.29, 0.717) is 0 Å². The topological polar surface area (TPSA) is 93.6 Å². The summed E-state index contributed by atoms with van der Waals surface area (Å²) in [5, 5.41) is 9.36. The molecule has 110 valence electrons. The number of hydrogen-bond acceptors (Lipinski definition) is 5. The van der Waals surface area contributed by atoms with Gasteiger partial charge in [0.05, 0.1) is 0 Å². The SMILES string of the molecule is CS(=O)(=O)c1cccnc1Oc1cc(Cl)ccc1C(=O)O. The molecule has 1 N–H and O–H groups in total. The minimum atomic E-state index is -3.56. The van der Waals surface area contributed by atoms with Crippen LogP contribution in [0.15, 0.2) is 41.4 Å². The second-order valence-electron chi connectivity index (χ2n) is 4.13. The summed E-state index contributed by atoms with van der Waals surface area (Å²) in [6.07, 6.45) is 2.35. The highest BCUT2D eigenvalue weighted by Gasteiger charge is 2.19. The lowest BCUT2D eigenvalue weighted by atomic mass is 10.2. The Labute approximate surface area is 125 Å². The number of sulfone groups is 1. The lowest BCUT2D eigenvalue weighted by Crippen LogP contribution is -2.04. The third-order valence-corrected chi connectivity index (χ3v) is 3.86. The fraction of sp³-hybridized carbons (Fsp3) is 0.0769. The second kappa shape index (κ2) is 5.71. The van der Waals surface area contributed by atoms with Crippen molar-refractivity contribution in [3.63, 3.8) is 0 Å².